The molecule has 0 aliphatic rings. The Bertz CT molecular complexity index is 1280. The summed E-state index contributed by atoms with van der Waals surface area (Å²) in [5.74, 6) is -0.178. The summed E-state index contributed by atoms with van der Waals surface area (Å²) in [4.78, 5) is 25.7. The van der Waals surface area contributed by atoms with E-state index >= 15 is 0 Å². The summed E-state index contributed by atoms with van der Waals surface area (Å²) in [6.07, 6.45) is 5.85. The van der Waals surface area contributed by atoms with Gasteiger partial charge in [0.05, 0.1) is 17.1 Å². The lowest BCUT2D eigenvalue weighted by Crippen LogP contribution is -2.15. The monoisotopic (exact) mass is 476 g/mol. The van der Waals surface area contributed by atoms with E-state index in [4.69, 9.17) is 18.6 Å². The second kappa shape index (κ2) is 12.1. The fourth-order valence-electron chi connectivity index (χ4n) is 3.39. The van der Waals surface area contributed by atoms with Crippen LogP contribution in [0.4, 0.5) is 0 Å². The van der Waals surface area contributed by atoms with Crippen molar-refractivity contribution in [1.82, 2.24) is 0 Å². The molecule has 0 radical (unpaired) electrons. The van der Waals surface area contributed by atoms with Crippen LogP contribution in [0, 0.1) is 0 Å². The summed E-state index contributed by atoms with van der Waals surface area (Å²) in [6, 6.07) is 13.6. The number of allylic oxidation sites excluding steroid dienone is 3. The van der Waals surface area contributed by atoms with Gasteiger partial charge in [0.2, 0.25) is 5.75 Å². The van der Waals surface area contributed by atoms with Gasteiger partial charge in [0.25, 0.3) is 0 Å². The molecule has 1 aromatic heterocycles. The highest BCUT2D eigenvalue weighted by Crippen LogP contribution is 2.35. The SMILES string of the molecule is CC(C)=CCCC(C)=CCOc1c(OC(=O)c2ccccc2)c2ccc(OC(C)C)cc2oc1=O. The van der Waals surface area contributed by atoms with E-state index in [0.29, 0.717) is 16.7 Å². The van der Waals surface area contributed by atoms with Crippen molar-refractivity contribution in [2.75, 3.05) is 6.61 Å². The number of esters is 1. The van der Waals surface area contributed by atoms with E-state index < -0.39 is 11.6 Å². The summed E-state index contributed by atoms with van der Waals surface area (Å²) in [5.41, 5.74) is 2.27. The molecule has 0 atom stereocenters. The Morgan fingerprint density at radius 2 is 1.74 bits per heavy atom. The molecule has 6 heteroatoms. The maximum atomic E-state index is 12.9. The number of hydrogen-bond donors (Lipinski definition) is 0. The molecule has 3 rings (SSSR count). The van der Waals surface area contributed by atoms with E-state index in [0.717, 1.165) is 18.4 Å². The number of rotatable bonds is 10. The average molecular weight is 477 g/mol. The van der Waals surface area contributed by atoms with E-state index in [1.54, 1.807) is 48.5 Å². The fourth-order valence-corrected chi connectivity index (χ4v) is 3.39. The third kappa shape index (κ3) is 7.34. The molecule has 0 N–H and O–H groups in total. The molecule has 2 aromatic carbocycles. The van der Waals surface area contributed by atoms with Crippen molar-refractivity contribution in [2.45, 2.75) is 53.6 Å². The minimum Gasteiger partial charge on any atom is -0.491 e. The van der Waals surface area contributed by atoms with Crippen molar-refractivity contribution in [3.8, 4) is 17.2 Å². The van der Waals surface area contributed by atoms with Gasteiger partial charge in [0, 0.05) is 6.07 Å². The van der Waals surface area contributed by atoms with E-state index in [1.807, 2.05) is 26.8 Å². The number of benzene rings is 2. The van der Waals surface area contributed by atoms with Crippen LogP contribution in [-0.4, -0.2) is 18.7 Å². The number of carbonyl (C=O) groups excluding carboxylic acids is 1. The Morgan fingerprint density at radius 3 is 2.43 bits per heavy atom. The zero-order valence-corrected chi connectivity index (χ0v) is 20.9. The van der Waals surface area contributed by atoms with Gasteiger partial charge in [-0.1, -0.05) is 35.4 Å². The predicted octanol–water partition coefficient (Wildman–Crippen LogP) is 6.87. The van der Waals surface area contributed by atoms with Crippen LogP contribution in [0.1, 0.15) is 57.8 Å². The summed E-state index contributed by atoms with van der Waals surface area (Å²) in [5, 5.41) is 0.434. The van der Waals surface area contributed by atoms with Gasteiger partial charge < -0.3 is 18.6 Å². The minimum absolute atomic E-state index is 0.0248. The second-order valence-electron chi connectivity index (χ2n) is 8.81. The molecule has 0 fully saturated rings. The lowest BCUT2D eigenvalue weighted by atomic mass is 10.1. The van der Waals surface area contributed by atoms with E-state index in [9.17, 15) is 9.59 Å². The number of carbonyl (C=O) groups is 1. The van der Waals surface area contributed by atoms with Gasteiger partial charge >= 0.3 is 11.6 Å². The second-order valence-corrected chi connectivity index (χ2v) is 8.81. The van der Waals surface area contributed by atoms with Crippen LogP contribution in [0.2, 0.25) is 0 Å². The first kappa shape index (κ1) is 25.8. The fraction of sp³-hybridized carbons (Fsp3) is 0.310. The van der Waals surface area contributed by atoms with E-state index in [-0.39, 0.29) is 29.8 Å². The van der Waals surface area contributed by atoms with E-state index in [1.165, 1.54) is 5.57 Å². The molecule has 0 bridgehead atoms. The van der Waals surface area contributed by atoms with Crippen molar-refractivity contribution in [3.05, 3.63) is 87.8 Å². The summed E-state index contributed by atoms with van der Waals surface area (Å²) < 4.78 is 22.7. The van der Waals surface area contributed by atoms with Gasteiger partial charge in [-0.2, -0.15) is 0 Å². The number of hydrogen-bond acceptors (Lipinski definition) is 6. The molecule has 3 aromatic rings. The van der Waals surface area contributed by atoms with Gasteiger partial charge in [-0.05, 0) is 77.8 Å². The first-order valence-electron chi connectivity index (χ1n) is 11.7. The number of fused-ring (bicyclic) bond motifs is 1. The van der Waals surface area contributed by atoms with Crippen molar-refractivity contribution >= 4 is 16.9 Å². The average Bonchev–Trinajstić information content (AvgIpc) is 2.80. The Balaban J connectivity index is 1.95. The summed E-state index contributed by atoms with van der Waals surface area (Å²) >= 11 is 0. The molecule has 0 amide bonds. The van der Waals surface area contributed by atoms with Crippen molar-refractivity contribution in [3.63, 3.8) is 0 Å². The molecule has 0 spiro atoms. The third-order valence-electron chi connectivity index (χ3n) is 5.12. The van der Waals surface area contributed by atoms with Crippen LogP contribution < -0.4 is 19.8 Å². The smallest absolute Gasteiger partial charge is 0.383 e. The molecule has 6 nitrogen and oxygen atoms in total. The molecular weight excluding hydrogens is 444 g/mol. The molecule has 0 saturated carbocycles. The Morgan fingerprint density at radius 1 is 1.00 bits per heavy atom. The normalized spacial score (nSPS) is 11.4. The van der Waals surface area contributed by atoms with Crippen LogP contribution in [0.15, 0.2) is 81.0 Å². The third-order valence-corrected chi connectivity index (χ3v) is 5.12. The standard InChI is InChI=1S/C29H32O6/c1-19(2)10-9-11-21(5)16-17-32-27-26(35-28(30)22-12-7-6-8-13-22)24-15-14-23(33-20(3)4)18-25(24)34-29(27)31/h6-8,10,12-16,18,20H,9,11,17H2,1-5H3. The quantitative estimate of drug-likeness (QED) is 0.181. The Labute approximate surface area is 205 Å². The van der Waals surface area contributed by atoms with Gasteiger partial charge in [0.15, 0.2) is 5.75 Å². The first-order chi connectivity index (χ1) is 16.7. The van der Waals surface area contributed by atoms with Crippen LogP contribution in [-0.2, 0) is 0 Å². The van der Waals surface area contributed by atoms with Gasteiger partial charge in [-0.3, -0.25) is 0 Å². The highest BCUT2D eigenvalue weighted by atomic mass is 16.6. The van der Waals surface area contributed by atoms with Gasteiger partial charge in [0.1, 0.15) is 17.9 Å². The van der Waals surface area contributed by atoms with Crippen LogP contribution in [0.3, 0.4) is 0 Å². The largest absolute Gasteiger partial charge is 0.491 e. The zero-order valence-electron chi connectivity index (χ0n) is 20.9. The van der Waals surface area contributed by atoms with Crippen LogP contribution in [0.25, 0.3) is 11.0 Å². The topological polar surface area (TPSA) is 75.0 Å². The molecule has 184 valence electrons. The highest BCUT2D eigenvalue weighted by Gasteiger charge is 2.22. The lowest BCUT2D eigenvalue weighted by Gasteiger charge is -2.14. The lowest BCUT2D eigenvalue weighted by molar-refractivity contribution is 0.0730. The molecule has 35 heavy (non-hydrogen) atoms. The molecular formula is C29H32O6. The van der Waals surface area contributed by atoms with Crippen molar-refractivity contribution in [2.24, 2.45) is 0 Å². The van der Waals surface area contributed by atoms with E-state index in [2.05, 4.69) is 19.9 Å². The predicted molar refractivity (Wildman–Crippen MR) is 138 cm³/mol. The summed E-state index contributed by atoms with van der Waals surface area (Å²) in [6.45, 7) is 10.1. The Hall–Kier alpha value is -3.80. The molecule has 1 heterocycles. The number of ether oxygens (including phenoxy) is 3. The zero-order chi connectivity index (χ0) is 25.4. The Kier molecular flexibility index (Phi) is 8.90. The van der Waals surface area contributed by atoms with Crippen LogP contribution >= 0.6 is 0 Å². The highest BCUT2D eigenvalue weighted by molar-refractivity contribution is 5.95. The molecule has 0 saturated heterocycles. The maximum absolute atomic E-state index is 12.9. The van der Waals surface area contributed by atoms with Crippen molar-refractivity contribution in [1.29, 1.82) is 0 Å². The van der Waals surface area contributed by atoms with Gasteiger partial charge in [-0.25, -0.2) is 9.59 Å². The maximum Gasteiger partial charge on any atom is 0.383 e. The molecule has 0 unspecified atom stereocenters. The van der Waals surface area contributed by atoms with Crippen molar-refractivity contribution < 1.29 is 23.4 Å². The molecule has 0 aliphatic carbocycles. The van der Waals surface area contributed by atoms with Crippen LogP contribution in [0.5, 0.6) is 17.2 Å². The molecule has 0 aliphatic heterocycles. The first-order valence-corrected chi connectivity index (χ1v) is 11.7. The van der Waals surface area contributed by atoms with Gasteiger partial charge in [-0.15, -0.1) is 0 Å². The minimum atomic E-state index is -0.731. The summed E-state index contributed by atoms with van der Waals surface area (Å²) in [7, 11) is 0.